The van der Waals surface area contributed by atoms with Gasteiger partial charge in [0.05, 0.1) is 13.0 Å². The molecule has 0 radical (unpaired) electrons. The summed E-state index contributed by atoms with van der Waals surface area (Å²) >= 11 is 5.99. The summed E-state index contributed by atoms with van der Waals surface area (Å²) in [5.74, 6) is -1.72. The van der Waals surface area contributed by atoms with Gasteiger partial charge in [-0.15, -0.1) is 0 Å². The van der Waals surface area contributed by atoms with E-state index in [-0.39, 0.29) is 17.0 Å². The fourth-order valence-electron chi connectivity index (χ4n) is 2.40. The Balaban J connectivity index is 2.39. The van der Waals surface area contributed by atoms with E-state index >= 15 is 0 Å². The minimum atomic E-state index is -1.02. The molecule has 0 heterocycles. The van der Waals surface area contributed by atoms with Crippen molar-refractivity contribution in [3.05, 3.63) is 63.9 Å². The van der Waals surface area contributed by atoms with Crippen LogP contribution in [0.4, 0.5) is 4.39 Å². The van der Waals surface area contributed by atoms with E-state index in [1.807, 2.05) is 6.92 Å². The highest BCUT2D eigenvalue weighted by atomic mass is 35.5. The lowest BCUT2D eigenvalue weighted by molar-refractivity contribution is -0.138. The number of aryl methyl sites for hydroxylation is 1. The largest absolute Gasteiger partial charge is 0.496 e. The number of hydrogen-bond donors (Lipinski definition) is 1. The third-order valence-electron chi connectivity index (χ3n) is 3.59. The Bertz CT molecular complexity index is 680. The van der Waals surface area contributed by atoms with E-state index in [2.05, 4.69) is 0 Å². The van der Waals surface area contributed by atoms with Gasteiger partial charge >= 0.3 is 5.97 Å². The molecule has 2 aromatic carbocycles. The predicted octanol–water partition coefficient (Wildman–Crippen LogP) is 4.21. The van der Waals surface area contributed by atoms with Crippen LogP contribution in [0.1, 0.15) is 22.6 Å². The average Bonchev–Trinajstić information content (AvgIpc) is 2.46. The van der Waals surface area contributed by atoms with E-state index < -0.39 is 17.7 Å². The van der Waals surface area contributed by atoms with Crippen molar-refractivity contribution in [2.45, 2.75) is 19.3 Å². The van der Waals surface area contributed by atoms with E-state index in [1.165, 1.54) is 12.1 Å². The third kappa shape index (κ3) is 3.39. The lowest BCUT2D eigenvalue weighted by Crippen LogP contribution is -2.15. The molecular weight excluding hydrogens is 307 g/mol. The number of aliphatic carboxylic acids is 1. The number of ether oxygens (including phenoxy) is 1. The first-order valence-electron chi connectivity index (χ1n) is 6.74. The standard InChI is InChI=1S/C17H16ClFO3/c1-10-8-11(6-7-16(10)22-2)12(17(20)21)9-13-14(18)4-3-5-15(13)19/h3-8,12H,9H2,1-2H3,(H,20,21). The monoisotopic (exact) mass is 322 g/mol. The van der Waals surface area contributed by atoms with Gasteiger partial charge in [-0.05, 0) is 42.7 Å². The molecule has 3 nitrogen and oxygen atoms in total. The Labute approximate surface area is 133 Å². The molecule has 5 heteroatoms. The molecule has 0 bridgehead atoms. The summed E-state index contributed by atoms with van der Waals surface area (Å²) in [6.07, 6.45) is -0.00733. The summed E-state index contributed by atoms with van der Waals surface area (Å²) in [5.41, 5.74) is 1.63. The Kier molecular flexibility index (Phi) is 5.03. The summed E-state index contributed by atoms with van der Waals surface area (Å²) in [4.78, 5) is 11.6. The molecule has 0 amide bonds. The van der Waals surface area contributed by atoms with Crippen LogP contribution in [0.15, 0.2) is 36.4 Å². The third-order valence-corrected chi connectivity index (χ3v) is 3.94. The molecule has 0 saturated heterocycles. The van der Waals surface area contributed by atoms with Crippen molar-refractivity contribution in [3.63, 3.8) is 0 Å². The van der Waals surface area contributed by atoms with Gasteiger partial charge in [-0.1, -0.05) is 29.8 Å². The number of carboxylic acid groups (broad SMARTS) is 1. The van der Waals surface area contributed by atoms with Crippen LogP contribution in [0.2, 0.25) is 5.02 Å². The van der Waals surface area contributed by atoms with Gasteiger partial charge in [-0.2, -0.15) is 0 Å². The highest BCUT2D eigenvalue weighted by Crippen LogP contribution is 2.30. The molecule has 2 rings (SSSR count). The molecule has 0 aromatic heterocycles. The molecule has 0 aliphatic heterocycles. The summed E-state index contributed by atoms with van der Waals surface area (Å²) in [6, 6.07) is 9.46. The fraction of sp³-hybridized carbons (Fsp3) is 0.235. The number of methoxy groups -OCH3 is 1. The summed E-state index contributed by atoms with van der Waals surface area (Å²) < 4.78 is 19.1. The normalized spacial score (nSPS) is 12.0. The number of rotatable bonds is 5. The lowest BCUT2D eigenvalue weighted by Gasteiger charge is -2.16. The molecule has 0 spiro atoms. The number of carboxylic acids is 1. The zero-order valence-electron chi connectivity index (χ0n) is 12.3. The van der Waals surface area contributed by atoms with Gasteiger partial charge in [0.25, 0.3) is 0 Å². The van der Waals surface area contributed by atoms with E-state index in [9.17, 15) is 14.3 Å². The maximum absolute atomic E-state index is 13.9. The average molecular weight is 323 g/mol. The maximum atomic E-state index is 13.9. The molecule has 1 N–H and O–H groups in total. The maximum Gasteiger partial charge on any atom is 0.311 e. The van der Waals surface area contributed by atoms with E-state index in [0.29, 0.717) is 11.3 Å². The van der Waals surface area contributed by atoms with Crippen LogP contribution in [0.25, 0.3) is 0 Å². The van der Waals surface area contributed by atoms with Crippen molar-refractivity contribution in [2.24, 2.45) is 0 Å². The fourth-order valence-corrected chi connectivity index (χ4v) is 2.64. The van der Waals surface area contributed by atoms with Crippen LogP contribution in [-0.4, -0.2) is 18.2 Å². The molecule has 1 atom stereocenters. The number of halogens is 2. The second kappa shape index (κ2) is 6.79. The minimum absolute atomic E-state index is 0.00733. The Morgan fingerprint density at radius 2 is 2.09 bits per heavy atom. The number of carbonyl (C=O) groups is 1. The van der Waals surface area contributed by atoms with Gasteiger partial charge in [-0.25, -0.2) is 4.39 Å². The summed E-state index contributed by atoms with van der Waals surface area (Å²) in [5, 5.41) is 9.72. The summed E-state index contributed by atoms with van der Waals surface area (Å²) in [6.45, 7) is 1.83. The van der Waals surface area contributed by atoms with Crippen molar-refractivity contribution in [2.75, 3.05) is 7.11 Å². The molecule has 0 aliphatic carbocycles. The van der Waals surface area contributed by atoms with Gasteiger partial charge in [0, 0.05) is 10.6 Å². The first kappa shape index (κ1) is 16.3. The van der Waals surface area contributed by atoms with Gasteiger partial charge in [0.1, 0.15) is 11.6 Å². The van der Waals surface area contributed by atoms with E-state index in [1.54, 1.807) is 31.4 Å². The van der Waals surface area contributed by atoms with Crippen LogP contribution in [0, 0.1) is 12.7 Å². The van der Waals surface area contributed by atoms with Crippen molar-refractivity contribution < 1.29 is 19.0 Å². The second-order valence-electron chi connectivity index (χ2n) is 5.02. The van der Waals surface area contributed by atoms with Gasteiger partial charge in [-0.3, -0.25) is 4.79 Å². The van der Waals surface area contributed by atoms with Crippen molar-refractivity contribution in [1.82, 2.24) is 0 Å². The van der Waals surface area contributed by atoms with Crippen LogP contribution >= 0.6 is 11.6 Å². The lowest BCUT2D eigenvalue weighted by atomic mass is 9.90. The van der Waals surface area contributed by atoms with Gasteiger partial charge in [0.15, 0.2) is 0 Å². The molecule has 2 aromatic rings. The van der Waals surface area contributed by atoms with Gasteiger partial charge < -0.3 is 9.84 Å². The van der Waals surface area contributed by atoms with E-state index in [0.717, 1.165) is 5.56 Å². The minimum Gasteiger partial charge on any atom is -0.496 e. The Morgan fingerprint density at radius 1 is 1.36 bits per heavy atom. The van der Waals surface area contributed by atoms with Crippen molar-refractivity contribution in [1.29, 1.82) is 0 Å². The van der Waals surface area contributed by atoms with Crippen LogP contribution in [0.3, 0.4) is 0 Å². The van der Waals surface area contributed by atoms with Crippen LogP contribution in [-0.2, 0) is 11.2 Å². The molecule has 22 heavy (non-hydrogen) atoms. The Morgan fingerprint density at radius 3 is 2.64 bits per heavy atom. The predicted molar refractivity (Wildman–Crippen MR) is 83.2 cm³/mol. The molecule has 0 saturated carbocycles. The Hall–Kier alpha value is -2.07. The smallest absolute Gasteiger partial charge is 0.311 e. The zero-order valence-corrected chi connectivity index (χ0v) is 13.0. The van der Waals surface area contributed by atoms with Crippen LogP contribution < -0.4 is 4.74 Å². The highest BCUT2D eigenvalue weighted by Gasteiger charge is 2.23. The topological polar surface area (TPSA) is 46.5 Å². The zero-order chi connectivity index (χ0) is 16.3. The molecule has 1 unspecified atom stereocenters. The van der Waals surface area contributed by atoms with Gasteiger partial charge in [0.2, 0.25) is 0 Å². The van der Waals surface area contributed by atoms with E-state index in [4.69, 9.17) is 16.3 Å². The highest BCUT2D eigenvalue weighted by molar-refractivity contribution is 6.31. The van der Waals surface area contributed by atoms with Crippen LogP contribution in [0.5, 0.6) is 5.75 Å². The molecular formula is C17H16ClFO3. The van der Waals surface area contributed by atoms with Crippen molar-refractivity contribution >= 4 is 17.6 Å². The molecule has 116 valence electrons. The van der Waals surface area contributed by atoms with Crippen molar-refractivity contribution in [3.8, 4) is 5.75 Å². The first-order chi connectivity index (χ1) is 10.4. The number of benzene rings is 2. The quantitative estimate of drug-likeness (QED) is 0.897. The summed E-state index contributed by atoms with van der Waals surface area (Å²) in [7, 11) is 1.55. The molecule has 0 fully saturated rings. The number of hydrogen-bond acceptors (Lipinski definition) is 2. The second-order valence-corrected chi connectivity index (χ2v) is 5.43. The SMILES string of the molecule is COc1ccc(C(Cc2c(F)cccc2Cl)C(=O)O)cc1C. The molecule has 0 aliphatic rings. The first-order valence-corrected chi connectivity index (χ1v) is 7.12.